The number of ether oxygens (including phenoxy) is 1. The number of anilines is 15. The van der Waals surface area contributed by atoms with Gasteiger partial charge in [0, 0.05) is 85.9 Å². The standard InChI is InChI=1S/C79H52B2N6O/c82-53-54-44-45-69(64(46-54)55-26-8-1-9-27-55)87-71-43-25-23-41-66(71)81-68-51-67-72(52-76(68)88-77-50-63(49-75(87)79(77)81)84(58-32-14-4-15-33-58)59-34-16-5-17-35-59)86(61-38-20-7-21-39-61)74-48-62(83(56-28-10-2-11-29-56)57-30-12-3-13-31-57)47-73-78(74)80(67)65-40-22-24-42-70(65)85(73)60-36-18-6-19-37-60/h1-52H. The lowest BCUT2D eigenvalue weighted by Gasteiger charge is -2.46. The molecular formula is C79H52B2N6O. The molecule has 0 aliphatic carbocycles. The van der Waals surface area contributed by atoms with E-state index in [0.717, 1.165) is 124 Å². The normalized spacial score (nSPS) is 12.7. The summed E-state index contributed by atoms with van der Waals surface area (Å²) in [7, 11) is 0. The van der Waals surface area contributed by atoms with E-state index in [0.29, 0.717) is 5.56 Å². The summed E-state index contributed by atoms with van der Waals surface area (Å²) in [6, 6.07) is 115. The fourth-order valence-electron chi connectivity index (χ4n) is 14.2. The molecule has 13 aromatic rings. The number of fused-ring (bicyclic) bond motifs is 8. The zero-order valence-corrected chi connectivity index (χ0v) is 47.8. The third-order valence-electron chi connectivity index (χ3n) is 17.8. The molecule has 0 aromatic heterocycles. The van der Waals surface area contributed by atoms with Crippen LogP contribution in [0.1, 0.15) is 5.56 Å². The van der Waals surface area contributed by atoms with Crippen LogP contribution in [0.15, 0.2) is 315 Å². The van der Waals surface area contributed by atoms with Crippen LogP contribution in [0, 0.1) is 11.3 Å². The predicted octanol–water partition coefficient (Wildman–Crippen LogP) is 16.7. The molecule has 0 radical (unpaired) electrons. The minimum atomic E-state index is -0.251. The fourth-order valence-corrected chi connectivity index (χ4v) is 14.2. The van der Waals surface area contributed by atoms with Crippen LogP contribution < -0.4 is 62.0 Å². The molecule has 0 saturated heterocycles. The molecule has 88 heavy (non-hydrogen) atoms. The lowest BCUT2D eigenvalue weighted by molar-refractivity contribution is 0.488. The van der Waals surface area contributed by atoms with Gasteiger partial charge < -0.3 is 29.2 Å². The molecule has 0 unspecified atom stereocenters. The second-order valence-electron chi connectivity index (χ2n) is 22.7. The van der Waals surface area contributed by atoms with Crippen molar-refractivity contribution in [1.29, 1.82) is 5.26 Å². The Morgan fingerprint density at radius 2 is 0.716 bits per heavy atom. The highest BCUT2D eigenvalue weighted by atomic mass is 16.5. The fraction of sp³-hybridized carbons (Fsp3) is 0. The largest absolute Gasteiger partial charge is 0.458 e. The molecule has 4 aliphatic heterocycles. The van der Waals surface area contributed by atoms with Crippen LogP contribution in [0.2, 0.25) is 0 Å². The van der Waals surface area contributed by atoms with Gasteiger partial charge in [0.1, 0.15) is 11.5 Å². The number of benzene rings is 13. The lowest BCUT2D eigenvalue weighted by Crippen LogP contribution is -2.64. The Morgan fingerprint density at radius 3 is 1.23 bits per heavy atom. The molecule has 4 aliphatic rings. The Kier molecular flexibility index (Phi) is 12.0. The maximum Gasteiger partial charge on any atom is 0.256 e. The Morgan fingerprint density at radius 1 is 0.295 bits per heavy atom. The average molecular weight is 1120 g/mol. The van der Waals surface area contributed by atoms with Crippen LogP contribution in [-0.2, 0) is 0 Å². The van der Waals surface area contributed by atoms with Crippen molar-refractivity contribution in [2.24, 2.45) is 0 Å². The first kappa shape index (κ1) is 50.8. The van der Waals surface area contributed by atoms with Crippen LogP contribution in [0.3, 0.4) is 0 Å². The van der Waals surface area contributed by atoms with E-state index < -0.39 is 0 Å². The van der Waals surface area contributed by atoms with Crippen LogP contribution in [0.25, 0.3) is 11.1 Å². The first-order valence-corrected chi connectivity index (χ1v) is 29.9. The number of nitriles is 1. The molecule has 13 aromatic carbocycles. The van der Waals surface area contributed by atoms with Crippen molar-refractivity contribution in [3.05, 3.63) is 321 Å². The van der Waals surface area contributed by atoms with Gasteiger partial charge in [0.05, 0.1) is 28.7 Å². The van der Waals surface area contributed by atoms with Crippen LogP contribution >= 0.6 is 0 Å². The number of para-hydroxylation sites is 8. The molecular weight excluding hydrogens is 1070 g/mol. The second-order valence-corrected chi connectivity index (χ2v) is 22.7. The highest BCUT2D eigenvalue weighted by Crippen LogP contribution is 2.52. The summed E-state index contributed by atoms with van der Waals surface area (Å²) >= 11 is 0. The van der Waals surface area contributed by atoms with E-state index in [1.54, 1.807) is 0 Å². The summed E-state index contributed by atoms with van der Waals surface area (Å²) < 4.78 is 7.76. The minimum Gasteiger partial charge on any atom is -0.458 e. The van der Waals surface area contributed by atoms with E-state index in [2.05, 4.69) is 328 Å². The molecule has 7 nitrogen and oxygen atoms in total. The number of hydrogen-bond acceptors (Lipinski definition) is 7. The van der Waals surface area contributed by atoms with E-state index in [1.165, 1.54) is 16.4 Å². The van der Waals surface area contributed by atoms with Crippen molar-refractivity contribution in [2.45, 2.75) is 0 Å². The highest BCUT2D eigenvalue weighted by Gasteiger charge is 2.48. The van der Waals surface area contributed by atoms with Gasteiger partial charge in [-0.2, -0.15) is 5.26 Å². The number of rotatable bonds is 10. The van der Waals surface area contributed by atoms with Gasteiger partial charge in [0.15, 0.2) is 0 Å². The van der Waals surface area contributed by atoms with Crippen LogP contribution in [0.5, 0.6) is 11.5 Å². The van der Waals surface area contributed by atoms with E-state index in [1.807, 2.05) is 18.2 Å². The van der Waals surface area contributed by atoms with Gasteiger partial charge in [-0.15, -0.1) is 0 Å². The third kappa shape index (κ3) is 8.15. The van der Waals surface area contributed by atoms with E-state index in [-0.39, 0.29) is 13.4 Å². The number of hydrogen-bond donors (Lipinski definition) is 0. The van der Waals surface area contributed by atoms with Gasteiger partial charge in [-0.25, -0.2) is 0 Å². The Bertz CT molecular complexity index is 4800. The molecule has 0 fully saturated rings. The molecule has 17 rings (SSSR count). The molecule has 0 N–H and O–H groups in total. The van der Waals surface area contributed by atoms with Crippen LogP contribution in [0.4, 0.5) is 85.3 Å². The van der Waals surface area contributed by atoms with Crippen molar-refractivity contribution >= 4 is 132 Å². The van der Waals surface area contributed by atoms with E-state index in [4.69, 9.17) is 4.74 Å². The van der Waals surface area contributed by atoms with Crippen molar-refractivity contribution in [2.75, 3.05) is 24.5 Å². The summed E-state index contributed by atoms with van der Waals surface area (Å²) in [6.45, 7) is -0.437. The molecule has 9 heteroatoms. The molecule has 0 spiro atoms. The zero-order valence-electron chi connectivity index (χ0n) is 47.8. The zero-order chi connectivity index (χ0) is 58.2. The maximum absolute atomic E-state index is 10.5. The minimum absolute atomic E-state index is 0.187. The summed E-state index contributed by atoms with van der Waals surface area (Å²) in [5, 5.41) is 10.5. The SMILES string of the molecule is N#Cc1ccc(N2c3ccccc3B3c4cc5c(cc4Oc4cc(N(c6ccccc6)c6ccccc6)cc2c43)N(c2ccccc2)c2cc(N(c3ccccc3)c3ccccc3)cc3c2B5c2ccccc2N3c2ccccc2)c(-c2ccccc2)c1. The predicted molar refractivity (Wildman–Crippen MR) is 366 cm³/mol. The van der Waals surface area contributed by atoms with Gasteiger partial charge in [-0.1, -0.05) is 182 Å². The summed E-state index contributed by atoms with van der Waals surface area (Å²) in [6.07, 6.45) is 0. The molecule has 0 saturated carbocycles. The molecule has 410 valence electrons. The van der Waals surface area contributed by atoms with Gasteiger partial charge in [0.2, 0.25) is 0 Å². The van der Waals surface area contributed by atoms with Crippen LogP contribution in [-0.4, -0.2) is 13.4 Å². The highest BCUT2D eigenvalue weighted by molar-refractivity contribution is 7.02. The van der Waals surface area contributed by atoms with Crippen molar-refractivity contribution in [3.63, 3.8) is 0 Å². The quantitative estimate of drug-likeness (QED) is 0.126. The summed E-state index contributed by atoms with van der Waals surface area (Å²) in [5.74, 6) is 1.56. The lowest BCUT2D eigenvalue weighted by atomic mass is 9.30. The maximum atomic E-state index is 10.5. The molecule has 0 amide bonds. The summed E-state index contributed by atoms with van der Waals surface area (Å²) in [5.41, 5.74) is 25.1. The Balaban J connectivity index is 0.952. The first-order valence-electron chi connectivity index (χ1n) is 29.9. The van der Waals surface area contributed by atoms with Gasteiger partial charge in [0.25, 0.3) is 13.4 Å². The second kappa shape index (κ2) is 20.8. The van der Waals surface area contributed by atoms with Crippen molar-refractivity contribution < 1.29 is 4.74 Å². The van der Waals surface area contributed by atoms with Gasteiger partial charge in [-0.05, 0) is 160 Å². The summed E-state index contributed by atoms with van der Waals surface area (Å²) in [4.78, 5) is 12.1. The van der Waals surface area contributed by atoms with Gasteiger partial charge in [-0.3, -0.25) is 0 Å². The van der Waals surface area contributed by atoms with Gasteiger partial charge >= 0.3 is 0 Å². The average Bonchev–Trinajstić information content (AvgIpc) is 0.728. The Labute approximate surface area is 512 Å². The van der Waals surface area contributed by atoms with Crippen molar-refractivity contribution in [3.8, 4) is 28.7 Å². The van der Waals surface area contributed by atoms with E-state index >= 15 is 0 Å². The topological polar surface area (TPSA) is 49.2 Å². The van der Waals surface area contributed by atoms with Crippen molar-refractivity contribution in [1.82, 2.24) is 0 Å². The Hall–Kier alpha value is -11.7. The molecule has 4 heterocycles. The third-order valence-corrected chi connectivity index (χ3v) is 17.8. The molecule has 0 atom stereocenters. The number of nitrogens with zero attached hydrogens (tertiary/aromatic N) is 6. The monoisotopic (exact) mass is 1120 g/mol. The smallest absolute Gasteiger partial charge is 0.256 e. The first-order chi connectivity index (χ1) is 43.6. The van der Waals surface area contributed by atoms with E-state index in [9.17, 15) is 5.26 Å². The molecule has 0 bridgehead atoms.